The van der Waals surface area contributed by atoms with E-state index in [1.165, 1.54) is 21.9 Å². The third-order valence-electron chi connectivity index (χ3n) is 3.41. The lowest BCUT2D eigenvalue weighted by Crippen LogP contribution is -2.15. The first-order chi connectivity index (χ1) is 8.34. The highest BCUT2D eigenvalue weighted by molar-refractivity contribution is 5.98. The van der Waals surface area contributed by atoms with Crippen LogP contribution in [-0.2, 0) is 0 Å². The highest BCUT2D eigenvalue weighted by atomic mass is 14.8. The van der Waals surface area contributed by atoms with Gasteiger partial charge in [0.1, 0.15) is 0 Å². The van der Waals surface area contributed by atoms with Crippen molar-refractivity contribution >= 4 is 17.6 Å². The van der Waals surface area contributed by atoms with E-state index in [1.807, 2.05) is 19.2 Å². The zero-order chi connectivity index (χ0) is 11.4. The molecule has 2 heteroatoms. The number of aliphatic imine (C=N–C) groups is 1. The monoisotopic (exact) mass is 218 g/mol. The van der Waals surface area contributed by atoms with Gasteiger partial charge in [-0.25, -0.2) is 4.99 Å². The van der Waals surface area contributed by atoms with Crippen LogP contribution >= 0.6 is 0 Å². The molecule has 0 unspecified atom stereocenters. The van der Waals surface area contributed by atoms with E-state index in [0.717, 1.165) is 16.7 Å². The van der Waals surface area contributed by atoms with Crippen molar-refractivity contribution in [1.82, 2.24) is 0 Å². The Morgan fingerprint density at radius 1 is 1.00 bits per heavy atom. The lowest BCUT2D eigenvalue weighted by atomic mass is 9.99. The van der Waals surface area contributed by atoms with E-state index in [2.05, 4.69) is 40.3 Å². The van der Waals surface area contributed by atoms with E-state index >= 15 is 0 Å². The summed E-state index contributed by atoms with van der Waals surface area (Å²) in [5.74, 6) is 0. The molecule has 0 bridgehead atoms. The molecule has 2 aromatic carbocycles. The number of hydrogen-bond donors (Lipinski definition) is 0. The number of rotatable bonds is 0. The number of hydrogen-bond acceptors (Lipinski definition) is 2. The molecule has 4 rings (SSSR count). The van der Waals surface area contributed by atoms with Crippen LogP contribution in [0.5, 0.6) is 0 Å². The third-order valence-corrected chi connectivity index (χ3v) is 3.41. The molecule has 2 aliphatic rings. The van der Waals surface area contributed by atoms with Crippen molar-refractivity contribution in [2.45, 2.75) is 6.92 Å². The SMILES string of the molecule is CC1=c2ccc3c(c2C=N1)-c1ccccc1N=3. The minimum atomic E-state index is 1.06. The van der Waals surface area contributed by atoms with Crippen molar-refractivity contribution in [1.29, 1.82) is 0 Å². The smallest absolute Gasteiger partial charge is 0.0723 e. The predicted octanol–water partition coefficient (Wildman–Crippen LogP) is 2.18. The Morgan fingerprint density at radius 2 is 1.88 bits per heavy atom. The highest BCUT2D eigenvalue weighted by Crippen LogP contribution is 2.33. The molecule has 0 aliphatic carbocycles. The molecule has 0 radical (unpaired) electrons. The van der Waals surface area contributed by atoms with E-state index in [1.54, 1.807) is 0 Å². The normalized spacial score (nSPS) is 14.3. The second-order valence-electron chi connectivity index (χ2n) is 4.39. The maximum absolute atomic E-state index is 4.65. The molecule has 0 atom stereocenters. The lowest BCUT2D eigenvalue weighted by molar-refractivity contribution is 1.39. The summed E-state index contributed by atoms with van der Waals surface area (Å²) in [6, 6.07) is 12.5. The topological polar surface area (TPSA) is 24.7 Å². The van der Waals surface area contributed by atoms with Gasteiger partial charge >= 0.3 is 0 Å². The molecule has 2 heterocycles. The molecule has 0 saturated carbocycles. The molecule has 2 aromatic rings. The molecule has 2 aliphatic heterocycles. The van der Waals surface area contributed by atoms with Gasteiger partial charge in [0.05, 0.1) is 11.0 Å². The molecule has 0 N–H and O–H groups in total. The van der Waals surface area contributed by atoms with Gasteiger partial charge in [-0.2, -0.15) is 0 Å². The average Bonchev–Trinajstić information content (AvgIpc) is 2.90. The highest BCUT2D eigenvalue weighted by Gasteiger charge is 2.18. The molecule has 2 nitrogen and oxygen atoms in total. The summed E-state index contributed by atoms with van der Waals surface area (Å²) in [6.07, 6.45) is 1.96. The molecular formula is C15H10N2. The number of nitrogens with zero attached hydrogens (tertiary/aromatic N) is 2. The first-order valence-electron chi connectivity index (χ1n) is 5.71. The van der Waals surface area contributed by atoms with Crippen LogP contribution in [0.2, 0.25) is 0 Å². The largest absolute Gasteiger partial charge is 0.260 e. The van der Waals surface area contributed by atoms with Crippen LogP contribution in [0.4, 0.5) is 5.69 Å². The van der Waals surface area contributed by atoms with Crippen LogP contribution in [0.3, 0.4) is 0 Å². The Kier molecular flexibility index (Phi) is 1.52. The van der Waals surface area contributed by atoms with Crippen LogP contribution in [0.1, 0.15) is 12.5 Å². The van der Waals surface area contributed by atoms with Crippen molar-refractivity contribution < 1.29 is 0 Å². The summed E-state index contributed by atoms with van der Waals surface area (Å²) >= 11 is 0. The molecule has 0 spiro atoms. The van der Waals surface area contributed by atoms with Crippen molar-refractivity contribution in [3.05, 3.63) is 52.5 Å². The fourth-order valence-electron chi connectivity index (χ4n) is 2.58. The Morgan fingerprint density at radius 3 is 2.82 bits per heavy atom. The maximum atomic E-state index is 4.65. The maximum Gasteiger partial charge on any atom is 0.0723 e. The molecule has 17 heavy (non-hydrogen) atoms. The average molecular weight is 218 g/mol. The fraction of sp³-hybridized carbons (Fsp3) is 0.0667. The zero-order valence-electron chi connectivity index (χ0n) is 9.44. The van der Waals surface area contributed by atoms with Crippen molar-refractivity contribution in [3.8, 4) is 11.1 Å². The van der Waals surface area contributed by atoms with Gasteiger partial charge in [-0.05, 0) is 19.1 Å². The van der Waals surface area contributed by atoms with Crippen molar-refractivity contribution in [2.75, 3.05) is 0 Å². The summed E-state index contributed by atoms with van der Waals surface area (Å²) in [6.45, 7) is 2.05. The molecular weight excluding hydrogens is 208 g/mol. The van der Waals surface area contributed by atoms with Gasteiger partial charge in [-0.15, -0.1) is 0 Å². The summed E-state index contributed by atoms with van der Waals surface area (Å²) in [5, 5.41) is 2.29. The Hall–Kier alpha value is -2.22. The first-order valence-corrected chi connectivity index (χ1v) is 5.71. The van der Waals surface area contributed by atoms with E-state index in [4.69, 9.17) is 0 Å². The number of fused-ring (bicyclic) bond motifs is 5. The minimum absolute atomic E-state index is 1.06. The minimum Gasteiger partial charge on any atom is -0.260 e. The Bertz CT molecular complexity index is 798. The molecule has 0 aromatic heterocycles. The van der Waals surface area contributed by atoms with E-state index < -0.39 is 0 Å². The van der Waals surface area contributed by atoms with Crippen molar-refractivity contribution in [3.63, 3.8) is 0 Å². The van der Waals surface area contributed by atoms with Gasteiger partial charge in [-0.3, -0.25) is 4.99 Å². The van der Waals surface area contributed by atoms with Crippen LogP contribution in [0.15, 0.2) is 46.4 Å². The standard InChI is InChI=1S/C15H10N2/c1-9-10-6-7-14-15(12(10)8-16-9)11-4-2-3-5-13(11)17-14/h2-8H,1H3. The van der Waals surface area contributed by atoms with E-state index in [-0.39, 0.29) is 0 Å². The first kappa shape index (κ1) is 8.88. The van der Waals surface area contributed by atoms with Crippen LogP contribution in [0.25, 0.3) is 16.8 Å². The quantitative estimate of drug-likeness (QED) is 0.552. The summed E-state index contributed by atoms with van der Waals surface area (Å²) in [4.78, 5) is 9.05. The molecule has 0 fully saturated rings. The lowest BCUT2D eigenvalue weighted by Gasteiger charge is -2.01. The second kappa shape index (κ2) is 2.92. The van der Waals surface area contributed by atoms with Gasteiger partial charge in [0.2, 0.25) is 0 Å². The van der Waals surface area contributed by atoms with E-state index in [9.17, 15) is 0 Å². The van der Waals surface area contributed by atoms with Crippen LogP contribution in [-0.4, -0.2) is 6.21 Å². The van der Waals surface area contributed by atoms with Crippen LogP contribution < -0.4 is 10.6 Å². The summed E-state index contributed by atoms with van der Waals surface area (Å²) in [7, 11) is 0. The van der Waals surface area contributed by atoms with Gasteiger partial charge < -0.3 is 0 Å². The van der Waals surface area contributed by atoms with E-state index in [0.29, 0.717) is 0 Å². The van der Waals surface area contributed by atoms with Gasteiger partial charge in [0.25, 0.3) is 0 Å². The van der Waals surface area contributed by atoms with Gasteiger partial charge in [0, 0.05) is 33.8 Å². The molecule has 80 valence electrons. The predicted molar refractivity (Wildman–Crippen MR) is 69.0 cm³/mol. The Balaban J connectivity index is 2.21. The molecule has 0 saturated heterocycles. The molecule has 0 amide bonds. The fourth-order valence-corrected chi connectivity index (χ4v) is 2.58. The second-order valence-corrected chi connectivity index (χ2v) is 4.39. The third kappa shape index (κ3) is 1.04. The number of benzene rings is 2. The Labute approximate surface area is 98.7 Å². The summed E-state index contributed by atoms with van der Waals surface area (Å²) in [5.41, 5.74) is 5.83. The zero-order valence-corrected chi connectivity index (χ0v) is 9.44. The van der Waals surface area contributed by atoms with Gasteiger partial charge in [0.15, 0.2) is 0 Å². The van der Waals surface area contributed by atoms with Gasteiger partial charge in [-0.1, -0.05) is 24.3 Å². The number of para-hydroxylation sites is 1. The van der Waals surface area contributed by atoms with Crippen LogP contribution in [0, 0.1) is 0 Å². The summed E-state index contributed by atoms with van der Waals surface area (Å²) < 4.78 is 0. The van der Waals surface area contributed by atoms with Crippen molar-refractivity contribution in [2.24, 2.45) is 9.98 Å².